The molecule has 18 heteroatoms. The number of amides is 3. The van der Waals surface area contributed by atoms with Gasteiger partial charge in [-0.1, -0.05) is 31.5 Å². The minimum Gasteiger partial charge on any atom is -0.393 e. The van der Waals surface area contributed by atoms with Crippen molar-refractivity contribution in [1.29, 1.82) is 5.41 Å². The van der Waals surface area contributed by atoms with E-state index in [1.165, 1.54) is 21.9 Å². The summed E-state index contributed by atoms with van der Waals surface area (Å²) in [6.07, 6.45) is -0.879. The van der Waals surface area contributed by atoms with E-state index in [0.29, 0.717) is 44.2 Å². The van der Waals surface area contributed by atoms with Crippen LogP contribution < -0.4 is 20.6 Å². The number of aliphatic hydroxyl groups excluding tert-OH is 3. The number of carbonyl (C=O) groups excluding carboxylic acids is 3. The summed E-state index contributed by atoms with van der Waals surface area (Å²) in [6, 6.07) is 0.491. The van der Waals surface area contributed by atoms with Crippen LogP contribution in [-0.2, 0) is 31.2 Å². The second kappa shape index (κ2) is 15.6. The molecule has 0 bridgehead atoms. The molecule has 1 aromatic rings. The van der Waals surface area contributed by atoms with Crippen molar-refractivity contribution in [2.75, 3.05) is 6.54 Å². The number of nitrogens with zero attached hydrogens (tertiary/aromatic N) is 2. The zero-order valence-corrected chi connectivity index (χ0v) is 28.4. The van der Waals surface area contributed by atoms with Crippen LogP contribution in [0.1, 0.15) is 64.4 Å². The fraction of sp³-hybridized carbons (Fsp3) is 0.667. The van der Waals surface area contributed by atoms with Gasteiger partial charge in [-0.2, -0.15) is 8.42 Å². The topological polar surface area (TPSA) is 256 Å². The second-order valence-electron chi connectivity index (χ2n) is 13.2. The van der Waals surface area contributed by atoms with Crippen LogP contribution in [0.5, 0.6) is 5.75 Å². The van der Waals surface area contributed by atoms with Crippen LogP contribution in [0.15, 0.2) is 18.2 Å². The maximum Gasteiger partial charge on any atom is 0.446 e. The summed E-state index contributed by atoms with van der Waals surface area (Å²) in [5.41, 5.74) is 5.94. The predicted octanol–water partition coefficient (Wildman–Crippen LogP) is -0.121. The van der Waals surface area contributed by atoms with E-state index in [1.807, 2.05) is 13.8 Å². The minimum atomic E-state index is -4.82. The number of fused-ring (bicyclic) bond motifs is 1. The van der Waals surface area contributed by atoms with Crippen molar-refractivity contribution < 1.29 is 46.9 Å². The van der Waals surface area contributed by atoms with Gasteiger partial charge < -0.3 is 45.7 Å². The Hall–Kier alpha value is -3.22. The molecule has 1 aromatic carbocycles. The lowest BCUT2D eigenvalue weighted by Crippen LogP contribution is -2.62. The van der Waals surface area contributed by atoms with Gasteiger partial charge in [-0.05, 0) is 74.5 Å². The molecule has 0 aromatic heterocycles. The Balaban J connectivity index is 1.52. The molecule has 8 unspecified atom stereocenters. The van der Waals surface area contributed by atoms with E-state index in [1.54, 1.807) is 0 Å². The summed E-state index contributed by atoms with van der Waals surface area (Å²) in [7, 11) is -4.82. The van der Waals surface area contributed by atoms with Gasteiger partial charge in [-0.3, -0.25) is 24.3 Å². The number of hydrogen-bond acceptors (Lipinski definition) is 10. The Morgan fingerprint density at radius 3 is 2.50 bits per heavy atom. The smallest absolute Gasteiger partial charge is 0.393 e. The molecule has 9 N–H and O–H groups in total. The van der Waals surface area contributed by atoms with E-state index in [9.17, 15) is 38.1 Å². The Labute approximate surface area is 284 Å². The van der Waals surface area contributed by atoms with Gasteiger partial charge in [0.25, 0.3) is 0 Å². The van der Waals surface area contributed by atoms with Gasteiger partial charge in [0.2, 0.25) is 17.7 Å². The average Bonchev–Trinajstić information content (AvgIpc) is 3.36. The summed E-state index contributed by atoms with van der Waals surface area (Å²) in [6.45, 7) is 4.07. The molecule has 48 heavy (non-hydrogen) atoms. The molecule has 4 rings (SSSR count). The quantitative estimate of drug-likeness (QED) is 0.0847. The van der Waals surface area contributed by atoms with Crippen LogP contribution in [0.2, 0.25) is 5.02 Å². The van der Waals surface area contributed by atoms with Crippen molar-refractivity contribution in [2.45, 2.75) is 108 Å². The molecular weight excluding hydrogens is 672 g/mol. The third-order valence-electron chi connectivity index (χ3n) is 9.18. The summed E-state index contributed by atoms with van der Waals surface area (Å²) in [4.78, 5) is 44.1. The third kappa shape index (κ3) is 9.26. The summed E-state index contributed by atoms with van der Waals surface area (Å²) in [5.74, 6) is -2.71. The lowest BCUT2D eigenvalue weighted by atomic mass is 9.83. The van der Waals surface area contributed by atoms with E-state index in [2.05, 4.69) is 14.8 Å². The number of nitrogens with one attached hydrogen (secondary N) is 3. The number of benzene rings is 1. The number of likely N-dealkylation sites (tertiary alicyclic amines) is 2. The number of piperidine rings is 1. The number of hydrogen-bond donors (Lipinski definition) is 8. The van der Waals surface area contributed by atoms with Gasteiger partial charge >= 0.3 is 10.4 Å². The van der Waals surface area contributed by atoms with Crippen molar-refractivity contribution in [3.8, 4) is 5.75 Å². The van der Waals surface area contributed by atoms with Crippen LogP contribution in [-0.4, -0.2) is 111 Å². The molecule has 2 saturated heterocycles. The number of halogens is 1. The third-order valence-corrected chi connectivity index (χ3v) is 9.87. The molecule has 8 atom stereocenters. The minimum absolute atomic E-state index is 0.0726. The van der Waals surface area contributed by atoms with E-state index in [0.717, 1.165) is 6.07 Å². The standard InChI is InChI=1S/C30H45ClN6O10S/c1-15(2)10-21(35-27(41)24(39)12-16-5-8-25(19(31)11-16)47-48(44,45)46)29(43)37-22-14-18(38)7-6-17(22)13-23(37)26(40)34-20-4-3-9-36(28(20)42)30(32)33/h5,8,11,15,17-18,20-24,28,38-39,42H,3-4,6-7,9-10,12-14H2,1-2H3,(H3,32,33)(H,34,40)(H,35,41)(H,44,45,46). The molecule has 268 valence electrons. The lowest BCUT2D eigenvalue weighted by molar-refractivity contribution is -0.146. The van der Waals surface area contributed by atoms with Crippen molar-refractivity contribution in [1.82, 2.24) is 20.4 Å². The second-order valence-corrected chi connectivity index (χ2v) is 14.7. The van der Waals surface area contributed by atoms with E-state index in [4.69, 9.17) is 27.3 Å². The normalized spacial score (nSPS) is 27.2. The van der Waals surface area contributed by atoms with Crippen molar-refractivity contribution in [2.24, 2.45) is 17.6 Å². The van der Waals surface area contributed by atoms with E-state index < -0.39 is 70.7 Å². The summed E-state index contributed by atoms with van der Waals surface area (Å²) >= 11 is 6.04. The highest BCUT2D eigenvalue weighted by molar-refractivity contribution is 7.81. The number of aliphatic hydroxyl groups is 3. The maximum absolute atomic E-state index is 14.3. The van der Waals surface area contributed by atoms with E-state index >= 15 is 0 Å². The Kier molecular flexibility index (Phi) is 12.2. The van der Waals surface area contributed by atoms with Gasteiger partial charge in [0, 0.05) is 19.0 Å². The van der Waals surface area contributed by atoms with Crippen LogP contribution >= 0.6 is 11.6 Å². The number of carbonyl (C=O) groups is 3. The molecule has 2 heterocycles. The molecule has 1 saturated carbocycles. The average molecular weight is 717 g/mol. The Bertz CT molecular complexity index is 1480. The predicted molar refractivity (Wildman–Crippen MR) is 173 cm³/mol. The molecule has 0 spiro atoms. The highest BCUT2D eigenvalue weighted by atomic mass is 35.5. The fourth-order valence-electron chi connectivity index (χ4n) is 6.96. The van der Waals surface area contributed by atoms with E-state index in [-0.39, 0.29) is 47.8 Å². The van der Waals surface area contributed by atoms with Crippen LogP contribution in [0.25, 0.3) is 0 Å². The molecule has 3 fully saturated rings. The molecule has 3 amide bonds. The van der Waals surface area contributed by atoms with Gasteiger partial charge in [0.15, 0.2) is 11.7 Å². The molecule has 1 aliphatic carbocycles. The maximum atomic E-state index is 14.3. The fourth-order valence-corrected chi connectivity index (χ4v) is 7.62. The highest BCUT2D eigenvalue weighted by Gasteiger charge is 2.51. The molecule has 16 nitrogen and oxygen atoms in total. The molecule has 3 aliphatic rings. The first-order valence-electron chi connectivity index (χ1n) is 16.0. The van der Waals surface area contributed by atoms with Crippen molar-refractivity contribution >= 4 is 45.7 Å². The SMILES string of the molecule is CC(C)CC(NC(=O)C(O)Cc1ccc(OS(=O)(=O)O)c(Cl)c1)C(=O)N1C(C(=O)NC2CCCN(C(=N)N)C2O)CC2CCC(O)CC21. The van der Waals surface area contributed by atoms with Gasteiger partial charge in [0.1, 0.15) is 24.4 Å². The summed E-state index contributed by atoms with van der Waals surface area (Å²) in [5, 5.41) is 45.1. The molecular formula is C30H45ClN6O10S. The summed E-state index contributed by atoms with van der Waals surface area (Å²) < 4.78 is 35.3. The Morgan fingerprint density at radius 1 is 1.17 bits per heavy atom. The number of rotatable bonds is 11. The first-order valence-corrected chi connectivity index (χ1v) is 17.7. The number of nitrogens with two attached hydrogens (primary N) is 1. The highest BCUT2D eigenvalue weighted by Crippen LogP contribution is 2.41. The van der Waals surface area contributed by atoms with Gasteiger partial charge in [-0.25, -0.2) is 0 Å². The van der Waals surface area contributed by atoms with Crippen LogP contribution in [0, 0.1) is 17.2 Å². The van der Waals surface area contributed by atoms with Crippen molar-refractivity contribution in [3.63, 3.8) is 0 Å². The van der Waals surface area contributed by atoms with Gasteiger partial charge in [0.05, 0.1) is 17.2 Å². The first kappa shape index (κ1) is 37.6. The van der Waals surface area contributed by atoms with Crippen molar-refractivity contribution in [3.05, 3.63) is 28.8 Å². The lowest BCUT2D eigenvalue weighted by Gasteiger charge is -2.40. The Morgan fingerprint density at radius 2 is 1.88 bits per heavy atom. The number of guanidine groups is 1. The zero-order valence-electron chi connectivity index (χ0n) is 26.8. The largest absolute Gasteiger partial charge is 0.446 e. The monoisotopic (exact) mass is 716 g/mol. The molecule has 2 aliphatic heterocycles. The van der Waals surface area contributed by atoms with Crippen LogP contribution in [0.3, 0.4) is 0 Å². The van der Waals surface area contributed by atoms with Crippen LogP contribution in [0.4, 0.5) is 0 Å². The first-order chi connectivity index (χ1) is 22.4. The van der Waals surface area contributed by atoms with Gasteiger partial charge in [-0.15, -0.1) is 0 Å². The molecule has 0 radical (unpaired) electrons. The zero-order chi connectivity index (χ0) is 35.5.